The van der Waals surface area contributed by atoms with Gasteiger partial charge in [-0.1, -0.05) is 11.6 Å². The molecule has 0 radical (unpaired) electrons. The van der Waals surface area contributed by atoms with E-state index in [0.717, 1.165) is 6.07 Å². The molecule has 0 aliphatic carbocycles. The fourth-order valence-corrected chi connectivity index (χ4v) is 4.13. The lowest BCUT2D eigenvalue weighted by Crippen LogP contribution is -2.49. The number of hydrogen-bond acceptors (Lipinski definition) is 6. The summed E-state index contributed by atoms with van der Waals surface area (Å²) in [7, 11) is 0. The van der Waals surface area contributed by atoms with Crippen molar-refractivity contribution in [2.75, 3.05) is 43.2 Å². The number of hydrogen-bond donors (Lipinski definition) is 1. The molecule has 1 aromatic heterocycles. The topological polar surface area (TPSA) is 84.0 Å². The molecular weight excluding hydrogens is 463 g/mol. The summed E-state index contributed by atoms with van der Waals surface area (Å²) in [4.78, 5) is 33.8. The van der Waals surface area contributed by atoms with E-state index in [4.69, 9.17) is 21.1 Å². The monoisotopic (exact) mass is 482 g/mol. The Bertz CT molecular complexity index is 1260. The van der Waals surface area contributed by atoms with E-state index in [-0.39, 0.29) is 29.2 Å². The molecule has 3 heterocycles. The molecule has 5 rings (SSSR count). The van der Waals surface area contributed by atoms with Crippen LogP contribution in [0.3, 0.4) is 0 Å². The zero-order chi connectivity index (χ0) is 23.7. The largest absolute Gasteiger partial charge is 0.454 e. The number of pyridine rings is 1. The Morgan fingerprint density at radius 3 is 2.62 bits per heavy atom. The van der Waals surface area contributed by atoms with E-state index in [1.54, 1.807) is 41.4 Å². The SMILES string of the molecule is O=C(Nc1cccnc1N1CCN(C(=O)c2cc(F)ccc2Cl)CC1)c1ccc2c(c1)OCO2. The van der Waals surface area contributed by atoms with Crippen molar-refractivity contribution in [3.63, 3.8) is 0 Å². The third-order valence-electron chi connectivity index (χ3n) is 5.69. The maximum Gasteiger partial charge on any atom is 0.255 e. The molecule has 34 heavy (non-hydrogen) atoms. The van der Waals surface area contributed by atoms with Crippen LogP contribution < -0.4 is 19.7 Å². The molecule has 10 heteroatoms. The summed E-state index contributed by atoms with van der Waals surface area (Å²) in [5.74, 6) is 0.600. The number of carbonyl (C=O) groups excluding carboxylic acids is 2. The molecule has 0 saturated carbocycles. The number of halogens is 2. The number of nitrogens with one attached hydrogen (secondary N) is 1. The van der Waals surface area contributed by atoms with E-state index >= 15 is 0 Å². The van der Waals surface area contributed by atoms with Crippen LogP contribution in [0.5, 0.6) is 11.5 Å². The van der Waals surface area contributed by atoms with E-state index in [1.165, 1.54) is 12.1 Å². The molecule has 1 N–H and O–H groups in total. The predicted molar refractivity (Wildman–Crippen MR) is 124 cm³/mol. The van der Waals surface area contributed by atoms with Gasteiger partial charge in [-0.05, 0) is 48.5 Å². The normalized spacial score (nSPS) is 14.8. The predicted octanol–water partition coefficient (Wildman–Crippen LogP) is 3.82. The van der Waals surface area contributed by atoms with Crippen LogP contribution in [0.2, 0.25) is 5.02 Å². The summed E-state index contributed by atoms with van der Waals surface area (Å²) in [6.45, 7) is 1.91. The molecule has 0 bridgehead atoms. The fourth-order valence-electron chi connectivity index (χ4n) is 3.93. The Kier molecular flexibility index (Phi) is 5.93. The first-order valence-corrected chi connectivity index (χ1v) is 11.0. The number of fused-ring (bicyclic) bond motifs is 1. The van der Waals surface area contributed by atoms with Gasteiger partial charge >= 0.3 is 0 Å². The summed E-state index contributed by atoms with van der Waals surface area (Å²) < 4.78 is 24.2. The van der Waals surface area contributed by atoms with Crippen LogP contribution >= 0.6 is 11.6 Å². The second kappa shape index (κ2) is 9.18. The van der Waals surface area contributed by atoms with Gasteiger partial charge in [-0.2, -0.15) is 0 Å². The molecule has 0 spiro atoms. The molecule has 8 nitrogen and oxygen atoms in total. The number of anilines is 2. The number of nitrogens with zero attached hydrogens (tertiary/aromatic N) is 3. The highest BCUT2D eigenvalue weighted by Gasteiger charge is 2.26. The van der Waals surface area contributed by atoms with Crippen LogP contribution in [0.1, 0.15) is 20.7 Å². The average Bonchev–Trinajstić information content (AvgIpc) is 3.33. The van der Waals surface area contributed by atoms with Crippen LogP contribution in [-0.2, 0) is 0 Å². The minimum atomic E-state index is -0.511. The van der Waals surface area contributed by atoms with Crippen molar-refractivity contribution in [3.05, 3.63) is 76.7 Å². The van der Waals surface area contributed by atoms with Gasteiger partial charge in [-0.25, -0.2) is 9.37 Å². The van der Waals surface area contributed by atoms with Crippen molar-refractivity contribution < 1.29 is 23.5 Å². The molecule has 0 unspecified atom stereocenters. The minimum Gasteiger partial charge on any atom is -0.454 e. The Balaban J connectivity index is 1.27. The van der Waals surface area contributed by atoms with Gasteiger partial charge in [-0.3, -0.25) is 9.59 Å². The molecular formula is C24H20ClFN4O4. The highest BCUT2D eigenvalue weighted by molar-refractivity contribution is 6.33. The number of carbonyl (C=O) groups is 2. The molecule has 1 fully saturated rings. The molecule has 1 saturated heterocycles. The highest BCUT2D eigenvalue weighted by atomic mass is 35.5. The number of piperazine rings is 1. The van der Waals surface area contributed by atoms with Crippen LogP contribution in [-0.4, -0.2) is 54.7 Å². The van der Waals surface area contributed by atoms with Crippen molar-refractivity contribution in [2.45, 2.75) is 0 Å². The second-order valence-corrected chi connectivity index (χ2v) is 8.21. The Hall–Kier alpha value is -3.85. The summed E-state index contributed by atoms with van der Waals surface area (Å²) in [5, 5.41) is 3.12. The first-order chi connectivity index (χ1) is 16.5. The maximum absolute atomic E-state index is 13.6. The molecule has 3 aromatic rings. The summed E-state index contributed by atoms with van der Waals surface area (Å²) in [5.41, 5.74) is 1.13. The van der Waals surface area contributed by atoms with E-state index in [1.807, 2.05) is 4.90 Å². The maximum atomic E-state index is 13.6. The minimum absolute atomic E-state index is 0.132. The van der Waals surface area contributed by atoms with Crippen molar-refractivity contribution in [1.29, 1.82) is 0 Å². The molecule has 2 amide bonds. The van der Waals surface area contributed by atoms with Gasteiger partial charge in [-0.15, -0.1) is 0 Å². The number of benzene rings is 2. The van der Waals surface area contributed by atoms with E-state index in [2.05, 4.69) is 10.3 Å². The van der Waals surface area contributed by atoms with Crippen molar-refractivity contribution in [3.8, 4) is 11.5 Å². The number of amides is 2. The van der Waals surface area contributed by atoms with Crippen LogP contribution in [0.15, 0.2) is 54.7 Å². The van der Waals surface area contributed by atoms with Crippen molar-refractivity contribution in [1.82, 2.24) is 9.88 Å². The van der Waals surface area contributed by atoms with E-state index in [9.17, 15) is 14.0 Å². The van der Waals surface area contributed by atoms with Gasteiger partial charge in [0.1, 0.15) is 5.82 Å². The van der Waals surface area contributed by atoms with Crippen LogP contribution in [0, 0.1) is 5.82 Å². The second-order valence-electron chi connectivity index (χ2n) is 7.80. The van der Waals surface area contributed by atoms with Gasteiger partial charge in [0.05, 0.1) is 16.3 Å². The molecule has 2 aliphatic rings. The first kappa shape index (κ1) is 22.0. The number of rotatable bonds is 4. The van der Waals surface area contributed by atoms with Gasteiger partial charge in [0, 0.05) is 37.9 Å². The van der Waals surface area contributed by atoms with Crippen molar-refractivity contribution >= 4 is 34.9 Å². The molecule has 2 aliphatic heterocycles. The van der Waals surface area contributed by atoms with Crippen molar-refractivity contribution in [2.24, 2.45) is 0 Å². The Labute approximate surface area is 199 Å². The summed E-state index contributed by atoms with van der Waals surface area (Å²) >= 11 is 6.10. The van der Waals surface area contributed by atoms with Gasteiger partial charge < -0.3 is 24.6 Å². The van der Waals surface area contributed by atoms with Crippen LogP contribution in [0.25, 0.3) is 0 Å². The average molecular weight is 483 g/mol. The Morgan fingerprint density at radius 2 is 1.79 bits per heavy atom. The first-order valence-electron chi connectivity index (χ1n) is 10.6. The third kappa shape index (κ3) is 4.34. The summed E-state index contributed by atoms with van der Waals surface area (Å²) in [6.07, 6.45) is 1.65. The quantitative estimate of drug-likeness (QED) is 0.608. The van der Waals surface area contributed by atoms with E-state index in [0.29, 0.717) is 54.7 Å². The fraction of sp³-hybridized carbons (Fsp3) is 0.208. The van der Waals surface area contributed by atoms with Gasteiger partial charge in [0.15, 0.2) is 17.3 Å². The molecule has 2 aromatic carbocycles. The summed E-state index contributed by atoms with van der Waals surface area (Å²) in [6, 6.07) is 12.3. The zero-order valence-electron chi connectivity index (χ0n) is 18.0. The van der Waals surface area contributed by atoms with Gasteiger partial charge in [0.25, 0.3) is 11.8 Å². The zero-order valence-corrected chi connectivity index (χ0v) is 18.7. The highest BCUT2D eigenvalue weighted by Crippen LogP contribution is 2.33. The van der Waals surface area contributed by atoms with Gasteiger partial charge in [0.2, 0.25) is 6.79 Å². The number of aromatic nitrogens is 1. The molecule has 0 atom stereocenters. The number of ether oxygens (including phenoxy) is 2. The smallest absolute Gasteiger partial charge is 0.255 e. The van der Waals surface area contributed by atoms with E-state index < -0.39 is 5.82 Å². The lowest BCUT2D eigenvalue weighted by molar-refractivity contribution is 0.0746. The van der Waals surface area contributed by atoms with Crippen LogP contribution in [0.4, 0.5) is 15.9 Å². The lowest BCUT2D eigenvalue weighted by Gasteiger charge is -2.36. The Morgan fingerprint density at radius 1 is 1.00 bits per heavy atom. The third-order valence-corrected chi connectivity index (χ3v) is 6.02. The standard InChI is InChI=1S/C24H20ClFN4O4/c25-18-5-4-16(26)13-17(18)24(32)30-10-8-29(9-11-30)22-19(2-1-7-27-22)28-23(31)15-3-6-20-21(12-15)34-14-33-20/h1-7,12-13H,8-11,14H2,(H,28,31). The molecule has 174 valence electrons. The lowest BCUT2D eigenvalue weighted by atomic mass is 10.1.